The summed E-state index contributed by atoms with van der Waals surface area (Å²) in [6, 6.07) is 0.345. The maximum atomic E-state index is 11.0. The van der Waals surface area contributed by atoms with Gasteiger partial charge in [-0.15, -0.1) is 0 Å². The third kappa shape index (κ3) is 3.34. The van der Waals surface area contributed by atoms with Gasteiger partial charge in [0.25, 0.3) is 0 Å². The van der Waals surface area contributed by atoms with E-state index in [1.54, 1.807) is 6.92 Å². The Morgan fingerprint density at radius 3 is 1.93 bits per heavy atom. The fourth-order valence-electron chi connectivity index (χ4n) is 2.14. The van der Waals surface area contributed by atoms with Crippen molar-refractivity contribution in [3.63, 3.8) is 0 Å². The zero-order valence-corrected chi connectivity index (χ0v) is 10.7. The molecule has 1 amide bonds. The van der Waals surface area contributed by atoms with Gasteiger partial charge in [0.2, 0.25) is 5.91 Å². The normalized spacial score (nSPS) is 15.1. The first-order chi connectivity index (χ1) is 6.93. The highest BCUT2D eigenvalue weighted by Crippen LogP contribution is 2.15. The lowest BCUT2D eigenvalue weighted by molar-refractivity contribution is -0.938. The number of hydrogen-bond donors (Lipinski definition) is 1. The Bertz CT molecular complexity index is 234. The summed E-state index contributed by atoms with van der Waals surface area (Å²) in [5, 5.41) is 0. The van der Waals surface area contributed by atoms with Gasteiger partial charge in [-0.25, -0.2) is 0 Å². The van der Waals surface area contributed by atoms with Crippen molar-refractivity contribution in [3.8, 4) is 0 Å². The van der Waals surface area contributed by atoms with E-state index in [0.717, 1.165) is 24.1 Å². The van der Waals surface area contributed by atoms with Gasteiger partial charge < -0.3 is 10.2 Å². The lowest BCUT2D eigenvalue weighted by Gasteiger charge is -2.40. The van der Waals surface area contributed by atoms with E-state index < -0.39 is 0 Å². The molecule has 0 bridgehead atoms. The van der Waals surface area contributed by atoms with Crippen LogP contribution in [0.5, 0.6) is 0 Å². The van der Waals surface area contributed by atoms with Gasteiger partial charge in [0.1, 0.15) is 6.04 Å². The van der Waals surface area contributed by atoms with Crippen molar-refractivity contribution in [2.75, 3.05) is 19.6 Å². The summed E-state index contributed by atoms with van der Waals surface area (Å²) in [6.45, 7) is 13.8. The molecular weight excluding hydrogens is 188 g/mol. The van der Waals surface area contributed by atoms with Gasteiger partial charge in [0.05, 0.1) is 19.6 Å². The van der Waals surface area contributed by atoms with Gasteiger partial charge in [-0.05, 0) is 40.7 Å². The largest absolute Gasteiger partial charge is 0.366 e. The third-order valence-electron chi connectivity index (χ3n) is 3.63. The Morgan fingerprint density at radius 1 is 1.27 bits per heavy atom. The Hall–Kier alpha value is -0.830. The molecule has 0 aliphatic rings. The quantitative estimate of drug-likeness (QED) is 0.529. The second-order valence-electron chi connectivity index (χ2n) is 4.12. The van der Waals surface area contributed by atoms with Gasteiger partial charge in [0, 0.05) is 5.57 Å². The highest BCUT2D eigenvalue weighted by atomic mass is 16.1. The number of carbonyl (C=O) groups is 1. The summed E-state index contributed by atoms with van der Waals surface area (Å²) < 4.78 is 1.00. The number of quaternary nitrogens is 1. The van der Waals surface area contributed by atoms with Crippen LogP contribution < -0.4 is 5.73 Å². The topological polar surface area (TPSA) is 43.1 Å². The van der Waals surface area contributed by atoms with Crippen LogP contribution in [-0.4, -0.2) is 36.1 Å². The third-order valence-corrected chi connectivity index (χ3v) is 3.63. The molecule has 0 aliphatic heterocycles. The van der Waals surface area contributed by atoms with Gasteiger partial charge in [-0.2, -0.15) is 0 Å². The molecule has 0 radical (unpaired) electrons. The van der Waals surface area contributed by atoms with Crippen molar-refractivity contribution in [3.05, 3.63) is 11.6 Å². The highest BCUT2D eigenvalue weighted by Gasteiger charge is 2.27. The molecule has 0 saturated carbocycles. The summed E-state index contributed by atoms with van der Waals surface area (Å²) in [6.07, 6.45) is 2.00. The number of nitrogens with zero attached hydrogens (tertiary/aromatic N) is 1. The molecule has 3 heteroatoms. The summed E-state index contributed by atoms with van der Waals surface area (Å²) in [5.41, 5.74) is 5.90. The van der Waals surface area contributed by atoms with Crippen molar-refractivity contribution in [2.45, 2.75) is 40.7 Å². The lowest BCUT2D eigenvalue weighted by Crippen LogP contribution is -2.53. The highest BCUT2D eigenvalue weighted by molar-refractivity contribution is 5.91. The number of amides is 1. The molecule has 0 aromatic rings. The molecular formula is C12H25N2O+. The van der Waals surface area contributed by atoms with E-state index >= 15 is 0 Å². The predicted molar refractivity (Wildman–Crippen MR) is 64.3 cm³/mol. The van der Waals surface area contributed by atoms with Crippen LogP contribution in [-0.2, 0) is 4.79 Å². The standard InChI is InChI=1S/C12H24N2O/c1-6-14(7-2,8-3)11(5)9-10(4)12(13)15/h9,11H,6-8H2,1-5H3,(H-,13,15)/p+1. The second-order valence-corrected chi connectivity index (χ2v) is 4.12. The molecule has 1 atom stereocenters. The summed E-state index contributed by atoms with van der Waals surface area (Å²) >= 11 is 0. The Labute approximate surface area is 93.5 Å². The minimum Gasteiger partial charge on any atom is -0.366 e. The average Bonchev–Trinajstić information content (AvgIpc) is 2.21. The van der Waals surface area contributed by atoms with Crippen LogP contribution >= 0.6 is 0 Å². The molecule has 0 aliphatic carbocycles. The first kappa shape index (κ1) is 14.2. The van der Waals surface area contributed by atoms with Crippen molar-refractivity contribution in [2.24, 2.45) is 5.73 Å². The van der Waals surface area contributed by atoms with E-state index in [1.165, 1.54) is 0 Å². The van der Waals surface area contributed by atoms with Gasteiger partial charge in [0.15, 0.2) is 0 Å². The summed E-state index contributed by atoms with van der Waals surface area (Å²) in [4.78, 5) is 11.0. The summed E-state index contributed by atoms with van der Waals surface area (Å²) in [7, 11) is 0. The van der Waals surface area contributed by atoms with E-state index in [9.17, 15) is 4.79 Å². The van der Waals surface area contributed by atoms with Crippen molar-refractivity contribution in [1.29, 1.82) is 0 Å². The minimum atomic E-state index is -0.316. The molecule has 0 heterocycles. The monoisotopic (exact) mass is 213 g/mol. The van der Waals surface area contributed by atoms with E-state index in [0.29, 0.717) is 11.6 Å². The first-order valence-corrected chi connectivity index (χ1v) is 5.77. The van der Waals surface area contributed by atoms with E-state index in [1.807, 2.05) is 6.08 Å². The van der Waals surface area contributed by atoms with Crippen LogP contribution in [0, 0.1) is 0 Å². The summed E-state index contributed by atoms with van der Waals surface area (Å²) in [5.74, 6) is -0.316. The number of likely N-dealkylation sites (N-methyl/N-ethyl adjacent to an activating group) is 1. The Morgan fingerprint density at radius 2 is 1.67 bits per heavy atom. The first-order valence-electron chi connectivity index (χ1n) is 5.77. The predicted octanol–water partition coefficient (Wildman–Crippen LogP) is 1.68. The Kier molecular flexibility index (Phi) is 5.58. The molecule has 0 saturated heterocycles. The molecule has 0 rings (SSSR count). The van der Waals surface area contributed by atoms with Gasteiger partial charge >= 0.3 is 0 Å². The number of carbonyl (C=O) groups excluding carboxylic acids is 1. The fourth-order valence-corrected chi connectivity index (χ4v) is 2.14. The molecule has 0 aromatic heterocycles. The van der Waals surface area contributed by atoms with Gasteiger partial charge in [-0.1, -0.05) is 0 Å². The zero-order valence-electron chi connectivity index (χ0n) is 10.7. The molecule has 0 spiro atoms. The molecule has 3 nitrogen and oxygen atoms in total. The number of hydrogen-bond acceptors (Lipinski definition) is 1. The average molecular weight is 213 g/mol. The minimum absolute atomic E-state index is 0.316. The van der Waals surface area contributed by atoms with E-state index in [2.05, 4.69) is 27.7 Å². The molecule has 1 unspecified atom stereocenters. The number of primary amides is 1. The smallest absolute Gasteiger partial charge is 0.244 e. The maximum absolute atomic E-state index is 11.0. The molecule has 88 valence electrons. The molecule has 15 heavy (non-hydrogen) atoms. The number of rotatable bonds is 6. The van der Waals surface area contributed by atoms with Gasteiger partial charge in [-0.3, -0.25) is 4.79 Å². The van der Waals surface area contributed by atoms with Crippen LogP contribution in [0.4, 0.5) is 0 Å². The van der Waals surface area contributed by atoms with E-state index in [-0.39, 0.29) is 5.91 Å². The maximum Gasteiger partial charge on any atom is 0.244 e. The fraction of sp³-hybridized carbons (Fsp3) is 0.750. The van der Waals surface area contributed by atoms with E-state index in [4.69, 9.17) is 5.73 Å². The second kappa shape index (κ2) is 5.91. The molecule has 0 aromatic carbocycles. The molecule has 0 fully saturated rings. The van der Waals surface area contributed by atoms with Crippen molar-refractivity contribution >= 4 is 5.91 Å². The molecule has 2 N–H and O–H groups in total. The lowest BCUT2D eigenvalue weighted by atomic mass is 10.1. The zero-order chi connectivity index (χ0) is 12.1. The van der Waals surface area contributed by atoms with Crippen LogP contribution in [0.25, 0.3) is 0 Å². The SMILES string of the molecule is CC[N+](CC)(CC)C(C)C=C(C)C(N)=O. The van der Waals surface area contributed by atoms with Crippen LogP contribution in [0.1, 0.15) is 34.6 Å². The van der Waals surface area contributed by atoms with Crippen LogP contribution in [0.2, 0.25) is 0 Å². The van der Waals surface area contributed by atoms with Crippen LogP contribution in [0.3, 0.4) is 0 Å². The van der Waals surface area contributed by atoms with Crippen molar-refractivity contribution in [1.82, 2.24) is 0 Å². The number of nitrogens with two attached hydrogens (primary N) is 1. The van der Waals surface area contributed by atoms with Crippen molar-refractivity contribution < 1.29 is 9.28 Å². The Balaban J connectivity index is 4.87. The van der Waals surface area contributed by atoms with Crippen LogP contribution in [0.15, 0.2) is 11.6 Å².